The molecule has 1 aromatic heterocycles. The SMILES string of the molecule is CCN(CC(=O)Nc1cnccc1CO)c1ccccc1. The Labute approximate surface area is 124 Å². The van der Waals surface area contributed by atoms with Crippen LogP contribution in [0.4, 0.5) is 11.4 Å². The molecule has 0 spiro atoms. The van der Waals surface area contributed by atoms with E-state index in [1.165, 1.54) is 0 Å². The maximum Gasteiger partial charge on any atom is 0.243 e. The van der Waals surface area contributed by atoms with E-state index in [-0.39, 0.29) is 19.1 Å². The zero-order valence-corrected chi connectivity index (χ0v) is 12.0. The maximum absolute atomic E-state index is 12.2. The topological polar surface area (TPSA) is 65.5 Å². The Hall–Kier alpha value is -2.40. The molecule has 2 N–H and O–H groups in total. The van der Waals surface area contributed by atoms with E-state index in [2.05, 4.69) is 10.3 Å². The normalized spacial score (nSPS) is 10.2. The number of pyridine rings is 1. The molecule has 0 bridgehead atoms. The average molecular weight is 285 g/mol. The number of nitrogens with zero attached hydrogens (tertiary/aromatic N) is 2. The van der Waals surface area contributed by atoms with Crippen LogP contribution in [0.15, 0.2) is 48.8 Å². The fourth-order valence-electron chi connectivity index (χ4n) is 2.06. The van der Waals surface area contributed by atoms with Crippen molar-refractivity contribution in [2.75, 3.05) is 23.3 Å². The summed E-state index contributed by atoms with van der Waals surface area (Å²) in [5.41, 5.74) is 2.21. The third-order valence-electron chi connectivity index (χ3n) is 3.19. The number of nitrogens with one attached hydrogen (secondary N) is 1. The van der Waals surface area contributed by atoms with Gasteiger partial charge in [0.25, 0.3) is 0 Å². The second-order valence-corrected chi connectivity index (χ2v) is 4.59. The van der Waals surface area contributed by atoms with Crippen LogP contribution in [0.3, 0.4) is 0 Å². The monoisotopic (exact) mass is 285 g/mol. The van der Waals surface area contributed by atoms with Crippen LogP contribution in [0.1, 0.15) is 12.5 Å². The summed E-state index contributed by atoms with van der Waals surface area (Å²) in [6.07, 6.45) is 3.13. The number of aliphatic hydroxyl groups is 1. The summed E-state index contributed by atoms with van der Waals surface area (Å²) < 4.78 is 0. The van der Waals surface area contributed by atoms with Crippen LogP contribution in [0.2, 0.25) is 0 Å². The van der Waals surface area contributed by atoms with E-state index in [1.54, 1.807) is 18.5 Å². The number of amides is 1. The van der Waals surface area contributed by atoms with Gasteiger partial charge < -0.3 is 15.3 Å². The van der Waals surface area contributed by atoms with Crippen molar-refractivity contribution in [3.8, 4) is 0 Å². The Morgan fingerprint density at radius 3 is 2.71 bits per heavy atom. The molecule has 0 radical (unpaired) electrons. The molecule has 5 nitrogen and oxygen atoms in total. The number of aliphatic hydroxyl groups excluding tert-OH is 1. The predicted molar refractivity (Wildman–Crippen MR) is 83.1 cm³/mol. The van der Waals surface area contributed by atoms with Crippen molar-refractivity contribution < 1.29 is 9.90 Å². The quantitative estimate of drug-likeness (QED) is 0.852. The first-order chi connectivity index (χ1) is 10.2. The lowest BCUT2D eigenvalue weighted by Gasteiger charge is -2.22. The number of aromatic nitrogens is 1. The van der Waals surface area contributed by atoms with Gasteiger partial charge in [-0.3, -0.25) is 9.78 Å². The smallest absolute Gasteiger partial charge is 0.243 e. The molecule has 110 valence electrons. The molecule has 0 aliphatic rings. The van der Waals surface area contributed by atoms with E-state index >= 15 is 0 Å². The number of anilines is 2. The molecule has 5 heteroatoms. The maximum atomic E-state index is 12.2. The molecule has 1 aromatic carbocycles. The number of hydrogen-bond acceptors (Lipinski definition) is 4. The van der Waals surface area contributed by atoms with Gasteiger partial charge in [-0.05, 0) is 25.1 Å². The Kier molecular flexibility index (Phi) is 5.29. The van der Waals surface area contributed by atoms with E-state index in [9.17, 15) is 9.90 Å². The molecule has 2 aromatic rings. The molecule has 1 amide bonds. The summed E-state index contributed by atoms with van der Waals surface area (Å²) in [6, 6.07) is 11.5. The Bertz CT molecular complexity index is 587. The van der Waals surface area contributed by atoms with E-state index in [4.69, 9.17) is 0 Å². The molecule has 0 unspecified atom stereocenters. The first kappa shape index (κ1) is 15.0. The standard InChI is InChI=1S/C16H19N3O2/c1-2-19(14-6-4-3-5-7-14)11-16(21)18-15-10-17-9-8-13(15)12-20/h3-10,20H,2,11-12H2,1H3,(H,18,21). The highest BCUT2D eigenvalue weighted by Crippen LogP contribution is 2.15. The van der Waals surface area contributed by atoms with Gasteiger partial charge in [0.1, 0.15) is 0 Å². The molecule has 0 atom stereocenters. The Balaban J connectivity index is 2.03. The highest BCUT2D eigenvalue weighted by Gasteiger charge is 2.11. The van der Waals surface area contributed by atoms with E-state index in [0.29, 0.717) is 11.3 Å². The highest BCUT2D eigenvalue weighted by molar-refractivity contribution is 5.94. The molecule has 2 rings (SSSR count). The van der Waals surface area contributed by atoms with Crippen molar-refractivity contribution in [1.82, 2.24) is 4.98 Å². The zero-order valence-electron chi connectivity index (χ0n) is 12.0. The first-order valence-corrected chi connectivity index (χ1v) is 6.88. The van der Waals surface area contributed by atoms with Gasteiger partial charge in [-0.25, -0.2) is 0 Å². The van der Waals surface area contributed by atoms with Gasteiger partial charge in [0.15, 0.2) is 0 Å². The fraction of sp³-hybridized carbons (Fsp3) is 0.250. The van der Waals surface area contributed by atoms with Crippen LogP contribution < -0.4 is 10.2 Å². The third kappa shape index (κ3) is 4.03. The minimum Gasteiger partial charge on any atom is -0.392 e. The van der Waals surface area contributed by atoms with Crippen molar-refractivity contribution >= 4 is 17.3 Å². The molecule has 0 aliphatic carbocycles. The van der Waals surface area contributed by atoms with Crippen molar-refractivity contribution in [3.05, 3.63) is 54.4 Å². The van der Waals surface area contributed by atoms with E-state index in [1.807, 2.05) is 42.2 Å². The number of likely N-dealkylation sites (N-methyl/N-ethyl adjacent to an activating group) is 1. The fourth-order valence-corrected chi connectivity index (χ4v) is 2.06. The van der Waals surface area contributed by atoms with Gasteiger partial charge in [-0.2, -0.15) is 0 Å². The molecule has 21 heavy (non-hydrogen) atoms. The minimum absolute atomic E-state index is 0.131. The third-order valence-corrected chi connectivity index (χ3v) is 3.19. The van der Waals surface area contributed by atoms with Gasteiger partial charge in [0, 0.05) is 24.0 Å². The summed E-state index contributed by atoms with van der Waals surface area (Å²) in [5.74, 6) is -0.136. The summed E-state index contributed by atoms with van der Waals surface area (Å²) in [4.78, 5) is 18.1. The number of para-hydroxylation sites is 1. The van der Waals surface area contributed by atoms with Gasteiger partial charge in [0.05, 0.1) is 25.0 Å². The summed E-state index contributed by atoms with van der Waals surface area (Å²) >= 11 is 0. The molecular formula is C16H19N3O2. The van der Waals surface area contributed by atoms with Crippen LogP contribution in [0.5, 0.6) is 0 Å². The lowest BCUT2D eigenvalue weighted by molar-refractivity contribution is -0.115. The highest BCUT2D eigenvalue weighted by atomic mass is 16.3. The van der Waals surface area contributed by atoms with Gasteiger partial charge in [-0.1, -0.05) is 18.2 Å². The van der Waals surface area contributed by atoms with Crippen LogP contribution in [0, 0.1) is 0 Å². The average Bonchev–Trinajstić information content (AvgIpc) is 2.54. The van der Waals surface area contributed by atoms with Crippen LogP contribution in [0.25, 0.3) is 0 Å². The molecule has 0 saturated carbocycles. The Morgan fingerprint density at radius 1 is 1.29 bits per heavy atom. The largest absolute Gasteiger partial charge is 0.392 e. The number of rotatable bonds is 6. The summed E-state index contributed by atoms with van der Waals surface area (Å²) in [5, 5.41) is 12.0. The molecular weight excluding hydrogens is 266 g/mol. The number of carbonyl (C=O) groups is 1. The minimum atomic E-state index is -0.136. The predicted octanol–water partition coefficient (Wildman–Crippen LogP) is 2.04. The van der Waals surface area contributed by atoms with Crippen molar-refractivity contribution in [2.24, 2.45) is 0 Å². The summed E-state index contributed by atoms with van der Waals surface area (Å²) in [7, 11) is 0. The number of hydrogen-bond donors (Lipinski definition) is 2. The number of benzene rings is 1. The number of carbonyl (C=O) groups excluding carboxylic acids is 1. The molecule has 0 fully saturated rings. The van der Waals surface area contributed by atoms with Crippen LogP contribution in [-0.4, -0.2) is 29.1 Å². The van der Waals surface area contributed by atoms with Gasteiger partial charge in [-0.15, -0.1) is 0 Å². The molecule has 0 aliphatic heterocycles. The molecule has 0 saturated heterocycles. The second kappa shape index (κ2) is 7.40. The molecule has 1 heterocycles. The van der Waals surface area contributed by atoms with Crippen LogP contribution >= 0.6 is 0 Å². The van der Waals surface area contributed by atoms with E-state index in [0.717, 1.165) is 12.2 Å². The lowest BCUT2D eigenvalue weighted by atomic mass is 10.2. The zero-order chi connectivity index (χ0) is 15.1. The van der Waals surface area contributed by atoms with Gasteiger partial charge >= 0.3 is 0 Å². The first-order valence-electron chi connectivity index (χ1n) is 6.88. The van der Waals surface area contributed by atoms with Crippen molar-refractivity contribution in [1.29, 1.82) is 0 Å². The van der Waals surface area contributed by atoms with Gasteiger partial charge in [0.2, 0.25) is 5.91 Å². The van der Waals surface area contributed by atoms with Crippen molar-refractivity contribution in [2.45, 2.75) is 13.5 Å². The van der Waals surface area contributed by atoms with Crippen molar-refractivity contribution in [3.63, 3.8) is 0 Å². The Morgan fingerprint density at radius 2 is 2.05 bits per heavy atom. The lowest BCUT2D eigenvalue weighted by Crippen LogP contribution is -2.33. The van der Waals surface area contributed by atoms with E-state index < -0.39 is 0 Å². The summed E-state index contributed by atoms with van der Waals surface area (Å²) in [6.45, 7) is 2.86. The van der Waals surface area contributed by atoms with Crippen LogP contribution in [-0.2, 0) is 11.4 Å². The second-order valence-electron chi connectivity index (χ2n) is 4.59.